The Morgan fingerprint density at radius 2 is 2.11 bits per heavy atom. The number of aryl methyl sites for hydroxylation is 1. The highest BCUT2D eigenvalue weighted by molar-refractivity contribution is 5.27. The molecular formula is C15H22O3. The van der Waals surface area contributed by atoms with E-state index in [4.69, 9.17) is 9.47 Å². The van der Waals surface area contributed by atoms with E-state index in [9.17, 15) is 5.11 Å². The van der Waals surface area contributed by atoms with Gasteiger partial charge in [0.05, 0.1) is 18.8 Å². The van der Waals surface area contributed by atoms with Gasteiger partial charge < -0.3 is 14.6 Å². The molecule has 100 valence electrons. The smallest absolute Gasteiger partial charge is 0.118 e. The van der Waals surface area contributed by atoms with Crippen molar-refractivity contribution >= 4 is 0 Å². The zero-order valence-corrected chi connectivity index (χ0v) is 11.2. The Balaban J connectivity index is 1.89. The second-order valence-corrected chi connectivity index (χ2v) is 5.21. The standard InChI is InChI=1S/C15H22O3/c1-12-11-15(16,9-10-18-12)8-7-13-3-5-14(17-2)6-4-13/h3-6,12,16H,7-11H2,1-2H3. The molecule has 2 rings (SSSR count). The van der Waals surface area contributed by atoms with Gasteiger partial charge in [0.2, 0.25) is 0 Å². The number of methoxy groups -OCH3 is 1. The van der Waals surface area contributed by atoms with Gasteiger partial charge in [0.25, 0.3) is 0 Å². The molecule has 0 spiro atoms. The summed E-state index contributed by atoms with van der Waals surface area (Å²) in [6.45, 7) is 2.69. The van der Waals surface area contributed by atoms with Crippen molar-refractivity contribution in [3.05, 3.63) is 29.8 Å². The van der Waals surface area contributed by atoms with E-state index in [1.807, 2.05) is 19.1 Å². The molecule has 3 heteroatoms. The Kier molecular flexibility index (Phi) is 4.25. The molecule has 1 saturated heterocycles. The van der Waals surface area contributed by atoms with Crippen LogP contribution in [-0.2, 0) is 11.2 Å². The summed E-state index contributed by atoms with van der Waals surface area (Å²) in [5.74, 6) is 0.872. The van der Waals surface area contributed by atoms with Crippen LogP contribution in [0.4, 0.5) is 0 Å². The van der Waals surface area contributed by atoms with Gasteiger partial charge in [0, 0.05) is 13.0 Å². The third-order valence-electron chi connectivity index (χ3n) is 3.68. The zero-order chi connectivity index (χ0) is 13.0. The Morgan fingerprint density at radius 1 is 1.39 bits per heavy atom. The molecule has 1 heterocycles. The van der Waals surface area contributed by atoms with Crippen LogP contribution in [0.3, 0.4) is 0 Å². The Hall–Kier alpha value is -1.06. The predicted molar refractivity (Wildman–Crippen MR) is 70.9 cm³/mol. The maximum atomic E-state index is 10.5. The van der Waals surface area contributed by atoms with E-state index in [-0.39, 0.29) is 6.10 Å². The highest BCUT2D eigenvalue weighted by Crippen LogP contribution is 2.29. The van der Waals surface area contributed by atoms with Gasteiger partial charge >= 0.3 is 0 Å². The second kappa shape index (κ2) is 5.72. The average Bonchev–Trinajstić information content (AvgIpc) is 2.37. The van der Waals surface area contributed by atoms with E-state index >= 15 is 0 Å². The van der Waals surface area contributed by atoms with Crippen LogP contribution < -0.4 is 4.74 Å². The first-order valence-electron chi connectivity index (χ1n) is 6.58. The SMILES string of the molecule is COc1ccc(CCC2(O)CCOC(C)C2)cc1. The third-order valence-corrected chi connectivity index (χ3v) is 3.68. The molecule has 3 nitrogen and oxygen atoms in total. The second-order valence-electron chi connectivity index (χ2n) is 5.21. The zero-order valence-electron chi connectivity index (χ0n) is 11.2. The van der Waals surface area contributed by atoms with E-state index < -0.39 is 5.60 Å². The molecule has 2 atom stereocenters. The van der Waals surface area contributed by atoms with Gasteiger partial charge in [-0.3, -0.25) is 0 Å². The summed E-state index contributed by atoms with van der Waals surface area (Å²) >= 11 is 0. The van der Waals surface area contributed by atoms with Gasteiger partial charge in [-0.25, -0.2) is 0 Å². The summed E-state index contributed by atoms with van der Waals surface area (Å²) in [5, 5.41) is 10.5. The highest BCUT2D eigenvalue weighted by Gasteiger charge is 2.32. The van der Waals surface area contributed by atoms with E-state index in [1.165, 1.54) is 5.56 Å². The molecule has 0 saturated carbocycles. The largest absolute Gasteiger partial charge is 0.497 e. The molecule has 0 bridgehead atoms. The number of hydrogen-bond acceptors (Lipinski definition) is 3. The molecule has 1 aliphatic rings. The normalized spacial score (nSPS) is 28.1. The highest BCUT2D eigenvalue weighted by atomic mass is 16.5. The van der Waals surface area contributed by atoms with Crippen LogP contribution in [0.1, 0.15) is 31.7 Å². The first kappa shape index (κ1) is 13.4. The lowest BCUT2D eigenvalue weighted by atomic mass is 9.85. The fourth-order valence-corrected chi connectivity index (χ4v) is 2.54. The molecule has 0 aromatic heterocycles. The van der Waals surface area contributed by atoms with Crippen molar-refractivity contribution in [2.75, 3.05) is 13.7 Å². The minimum absolute atomic E-state index is 0.166. The van der Waals surface area contributed by atoms with Gasteiger partial charge in [0.1, 0.15) is 5.75 Å². The number of ether oxygens (including phenoxy) is 2. The fraction of sp³-hybridized carbons (Fsp3) is 0.600. The summed E-state index contributed by atoms with van der Waals surface area (Å²) in [6.07, 6.45) is 3.34. The van der Waals surface area contributed by atoms with Crippen molar-refractivity contribution in [3.8, 4) is 5.75 Å². The van der Waals surface area contributed by atoms with E-state index in [0.29, 0.717) is 6.61 Å². The monoisotopic (exact) mass is 250 g/mol. The predicted octanol–water partition coefficient (Wildman–Crippen LogP) is 2.56. The van der Waals surface area contributed by atoms with E-state index in [1.54, 1.807) is 7.11 Å². The van der Waals surface area contributed by atoms with Crippen molar-refractivity contribution in [3.63, 3.8) is 0 Å². The maximum absolute atomic E-state index is 10.5. The van der Waals surface area contributed by atoms with Crippen molar-refractivity contribution in [2.24, 2.45) is 0 Å². The van der Waals surface area contributed by atoms with Crippen molar-refractivity contribution in [1.82, 2.24) is 0 Å². The molecular weight excluding hydrogens is 228 g/mol. The number of hydrogen-bond donors (Lipinski definition) is 1. The molecule has 1 N–H and O–H groups in total. The summed E-state index contributed by atoms with van der Waals surface area (Å²) in [7, 11) is 1.67. The molecule has 1 fully saturated rings. The summed E-state index contributed by atoms with van der Waals surface area (Å²) in [6, 6.07) is 8.05. The van der Waals surface area contributed by atoms with Crippen molar-refractivity contribution < 1.29 is 14.6 Å². The van der Waals surface area contributed by atoms with Gasteiger partial charge in [-0.15, -0.1) is 0 Å². The van der Waals surface area contributed by atoms with Crippen LogP contribution in [-0.4, -0.2) is 30.5 Å². The topological polar surface area (TPSA) is 38.7 Å². The minimum atomic E-state index is -0.558. The molecule has 1 aromatic rings. The molecule has 1 aromatic carbocycles. The lowest BCUT2D eigenvalue weighted by Gasteiger charge is -2.35. The Bertz CT molecular complexity index is 374. The lowest BCUT2D eigenvalue weighted by Crippen LogP contribution is -2.40. The molecule has 18 heavy (non-hydrogen) atoms. The number of aliphatic hydroxyl groups is 1. The lowest BCUT2D eigenvalue weighted by molar-refractivity contribution is -0.100. The first-order chi connectivity index (χ1) is 8.61. The van der Waals surface area contributed by atoms with Crippen LogP contribution in [0.25, 0.3) is 0 Å². The first-order valence-corrected chi connectivity index (χ1v) is 6.58. The van der Waals surface area contributed by atoms with Crippen LogP contribution >= 0.6 is 0 Å². The molecule has 0 aliphatic carbocycles. The van der Waals surface area contributed by atoms with Crippen LogP contribution in [0.15, 0.2) is 24.3 Å². The summed E-state index contributed by atoms with van der Waals surface area (Å²) in [4.78, 5) is 0. The quantitative estimate of drug-likeness (QED) is 0.892. The molecule has 0 amide bonds. The fourth-order valence-electron chi connectivity index (χ4n) is 2.54. The van der Waals surface area contributed by atoms with Gasteiger partial charge in [-0.05, 0) is 43.9 Å². The van der Waals surface area contributed by atoms with Gasteiger partial charge in [-0.2, -0.15) is 0 Å². The third kappa shape index (κ3) is 3.47. The van der Waals surface area contributed by atoms with Crippen LogP contribution in [0, 0.1) is 0 Å². The van der Waals surface area contributed by atoms with Crippen molar-refractivity contribution in [1.29, 1.82) is 0 Å². The van der Waals surface area contributed by atoms with Crippen LogP contribution in [0.5, 0.6) is 5.75 Å². The summed E-state index contributed by atoms with van der Waals surface area (Å²) < 4.78 is 10.6. The Labute approximate surface area is 109 Å². The molecule has 2 unspecified atom stereocenters. The molecule has 1 aliphatic heterocycles. The average molecular weight is 250 g/mol. The summed E-state index contributed by atoms with van der Waals surface area (Å²) in [5.41, 5.74) is 0.681. The maximum Gasteiger partial charge on any atom is 0.118 e. The van der Waals surface area contributed by atoms with Gasteiger partial charge in [-0.1, -0.05) is 12.1 Å². The van der Waals surface area contributed by atoms with E-state index in [0.717, 1.165) is 31.4 Å². The van der Waals surface area contributed by atoms with Crippen molar-refractivity contribution in [2.45, 2.75) is 44.3 Å². The molecule has 0 radical (unpaired) electrons. The van der Waals surface area contributed by atoms with Gasteiger partial charge in [0.15, 0.2) is 0 Å². The van der Waals surface area contributed by atoms with E-state index in [2.05, 4.69) is 12.1 Å². The van der Waals surface area contributed by atoms with Crippen LogP contribution in [0.2, 0.25) is 0 Å². The number of benzene rings is 1. The number of rotatable bonds is 4. The Morgan fingerprint density at radius 3 is 2.72 bits per heavy atom. The minimum Gasteiger partial charge on any atom is -0.497 e.